The van der Waals surface area contributed by atoms with Crippen molar-refractivity contribution in [1.82, 2.24) is 10.6 Å². The van der Waals surface area contributed by atoms with Gasteiger partial charge < -0.3 is 25.2 Å². The summed E-state index contributed by atoms with van der Waals surface area (Å²) in [4.78, 5) is 4.56. The number of methoxy groups -OCH3 is 2. The fourth-order valence-electron chi connectivity index (χ4n) is 2.98. The average Bonchev–Trinajstić information content (AvgIpc) is 2.71. The molecule has 0 spiro atoms. The van der Waals surface area contributed by atoms with Gasteiger partial charge in [-0.3, -0.25) is 4.99 Å². The largest absolute Gasteiger partial charge is 0.497 e. The van der Waals surface area contributed by atoms with Crippen LogP contribution in [0.5, 0.6) is 11.5 Å². The summed E-state index contributed by atoms with van der Waals surface area (Å²) in [6, 6.07) is 13.7. The third-order valence-electron chi connectivity index (χ3n) is 4.53. The van der Waals surface area contributed by atoms with Gasteiger partial charge in [0, 0.05) is 12.6 Å². The number of aliphatic hydroxyl groups excluding tert-OH is 1. The molecule has 0 aliphatic carbocycles. The van der Waals surface area contributed by atoms with Gasteiger partial charge >= 0.3 is 0 Å². The van der Waals surface area contributed by atoms with Crippen molar-refractivity contribution in [2.45, 2.75) is 32.9 Å². The highest BCUT2D eigenvalue weighted by molar-refractivity contribution is 5.80. The second-order valence-corrected chi connectivity index (χ2v) is 6.60. The molecule has 0 fully saturated rings. The summed E-state index contributed by atoms with van der Waals surface area (Å²) in [6.07, 6.45) is -0.770. The number of nitrogens with zero attached hydrogens (tertiary/aromatic N) is 1. The smallest absolute Gasteiger partial charge is 0.191 e. The summed E-state index contributed by atoms with van der Waals surface area (Å²) in [6.45, 7) is 7.15. The van der Waals surface area contributed by atoms with E-state index in [-0.39, 0.29) is 12.6 Å². The van der Waals surface area contributed by atoms with Gasteiger partial charge in [0.05, 0.1) is 32.9 Å². The van der Waals surface area contributed by atoms with Crippen LogP contribution in [0.4, 0.5) is 0 Å². The summed E-state index contributed by atoms with van der Waals surface area (Å²) in [5.41, 5.74) is 3.13. The van der Waals surface area contributed by atoms with Crippen LogP contribution in [-0.2, 0) is 0 Å². The van der Waals surface area contributed by atoms with Gasteiger partial charge in [-0.25, -0.2) is 0 Å². The van der Waals surface area contributed by atoms with E-state index in [9.17, 15) is 5.11 Å². The summed E-state index contributed by atoms with van der Waals surface area (Å²) in [5.74, 6) is 1.93. The Hall–Kier alpha value is -2.73. The molecule has 0 heterocycles. The van der Waals surface area contributed by atoms with Crippen molar-refractivity contribution in [3.8, 4) is 11.5 Å². The molecule has 0 radical (unpaired) electrons. The Bertz CT molecular complexity index is 770. The second-order valence-electron chi connectivity index (χ2n) is 6.60. The maximum Gasteiger partial charge on any atom is 0.191 e. The van der Waals surface area contributed by atoms with Gasteiger partial charge in [-0.05, 0) is 49.6 Å². The summed E-state index contributed by atoms with van der Waals surface area (Å²) in [5, 5.41) is 17.2. The van der Waals surface area contributed by atoms with Gasteiger partial charge in [-0.1, -0.05) is 24.3 Å². The number of rotatable bonds is 8. The van der Waals surface area contributed by atoms with Crippen molar-refractivity contribution in [2.24, 2.45) is 4.99 Å². The predicted molar refractivity (Wildman–Crippen MR) is 113 cm³/mol. The molecule has 0 bridgehead atoms. The minimum absolute atomic E-state index is 0.0908. The van der Waals surface area contributed by atoms with Crippen LogP contribution in [0.25, 0.3) is 0 Å². The standard InChI is InChI=1S/C22H31N3O3/c1-6-23-22(25-16(3)20-10-8-7-9-15(20)2)24-14-21(26)17-11-18(27-4)13-19(12-17)28-5/h7-13,16,21,26H,6,14H2,1-5H3,(H2,23,24,25). The van der Waals surface area contributed by atoms with Crippen LogP contribution in [-0.4, -0.2) is 38.4 Å². The number of hydrogen-bond acceptors (Lipinski definition) is 4. The highest BCUT2D eigenvalue weighted by Crippen LogP contribution is 2.26. The van der Waals surface area contributed by atoms with Crippen LogP contribution in [0.1, 0.15) is 42.7 Å². The van der Waals surface area contributed by atoms with Crippen LogP contribution in [0.15, 0.2) is 47.5 Å². The van der Waals surface area contributed by atoms with E-state index in [1.54, 1.807) is 32.4 Å². The van der Waals surface area contributed by atoms with Gasteiger partial charge in [-0.2, -0.15) is 0 Å². The lowest BCUT2D eigenvalue weighted by atomic mass is 10.0. The lowest BCUT2D eigenvalue weighted by Crippen LogP contribution is -2.39. The molecule has 0 aliphatic heterocycles. The molecule has 0 aliphatic rings. The number of hydrogen-bond donors (Lipinski definition) is 3. The van der Waals surface area contributed by atoms with E-state index in [0.29, 0.717) is 23.0 Å². The molecule has 0 saturated heterocycles. The Labute approximate surface area is 167 Å². The quantitative estimate of drug-likeness (QED) is 0.480. The van der Waals surface area contributed by atoms with E-state index >= 15 is 0 Å². The van der Waals surface area contributed by atoms with E-state index in [2.05, 4.69) is 41.6 Å². The van der Waals surface area contributed by atoms with Crippen molar-refractivity contribution in [1.29, 1.82) is 0 Å². The Kier molecular flexibility index (Phi) is 8.14. The Balaban J connectivity index is 2.12. The molecule has 28 heavy (non-hydrogen) atoms. The average molecular weight is 386 g/mol. The van der Waals surface area contributed by atoms with Gasteiger partial charge in [0.15, 0.2) is 5.96 Å². The number of guanidine groups is 1. The second kappa shape index (κ2) is 10.6. The summed E-state index contributed by atoms with van der Waals surface area (Å²) < 4.78 is 10.5. The first kappa shape index (κ1) is 21.6. The van der Waals surface area contributed by atoms with Crippen molar-refractivity contribution in [3.05, 3.63) is 59.2 Å². The predicted octanol–water partition coefficient (Wildman–Crippen LogP) is 3.36. The van der Waals surface area contributed by atoms with Crippen molar-refractivity contribution in [2.75, 3.05) is 27.3 Å². The first-order chi connectivity index (χ1) is 13.5. The molecule has 2 rings (SSSR count). The van der Waals surface area contributed by atoms with E-state index in [1.165, 1.54) is 11.1 Å². The Morgan fingerprint density at radius 3 is 2.32 bits per heavy atom. The van der Waals surface area contributed by atoms with Crippen LogP contribution < -0.4 is 20.1 Å². The Morgan fingerprint density at radius 1 is 1.11 bits per heavy atom. The molecule has 0 amide bonds. The number of aryl methyl sites for hydroxylation is 1. The molecule has 2 unspecified atom stereocenters. The number of aliphatic hydroxyl groups is 1. The van der Waals surface area contributed by atoms with Crippen LogP contribution in [0.3, 0.4) is 0 Å². The van der Waals surface area contributed by atoms with Crippen LogP contribution in [0.2, 0.25) is 0 Å². The topological polar surface area (TPSA) is 75.1 Å². The lowest BCUT2D eigenvalue weighted by molar-refractivity contribution is 0.186. The fraction of sp³-hybridized carbons (Fsp3) is 0.409. The summed E-state index contributed by atoms with van der Waals surface area (Å²) in [7, 11) is 3.17. The minimum Gasteiger partial charge on any atom is -0.497 e. The zero-order valence-corrected chi connectivity index (χ0v) is 17.3. The van der Waals surface area contributed by atoms with Crippen molar-refractivity contribution in [3.63, 3.8) is 0 Å². The van der Waals surface area contributed by atoms with E-state index in [1.807, 2.05) is 19.1 Å². The molecule has 0 aromatic heterocycles. The van der Waals surface area contributed by atoms with Crippen LogP contribution in [0, 0.1) is 6.92 Å². The third kappa shape index (κ3) is 5.89. The van der Waals surface area contributed by atoms with Gasteiger partial charge in [0.1, 0.15) is 11.5 Å². The number of ether oxygens (including phenoxy) is 2. The normalized spacial score (nSPS) is 13.6. The van der Waals surface area contributed by atoms with Gasteiger partial charge in [0.2, 0.25) is 0 Å². The Morgan fingerprint density at radius 2 is 1.75 bits per heavy atom. The molecule has 6 heteroatoms. The minimum atomic E-state index is -0.770. The fourth-order valence-corrected chi connectivity index (χ4v) is 2.98. The number of aliphatic imine (C=N–C) groups is 1. The van der Waals surface area contributed by atoms with E-state index < -0.39 is 6.10 Å². The molecule has 2 aromatic rings. The highest BCUT2D eigenvalue weighted by Gasteiger charge is 2.13. The first-order valence-electron chi connectivity index (χ1n) is 9.49. The maximum absolute atomic E-state index is 10.6. The van der Waals surface area contributed by atoms with Crippen molar-refractivity contribution >= 4 is 5.96 Å². The zero-order valence-electron chi connectivity index (χ0n) is 17.3. The van der Waals surface area contributed by atoms with Crippen molar-refractivity contribution < 1.29 is 14.6 Å². The first-order valence-corrected chi connectivity index (χ1v) is 9.49. The SMILES string of the molecule is CCNC(=NCC(O)c1cc(OC)cc(OC)c1)NC(C)c1ccccc1C. The molecule has 2 aromatic carbocycles. The van der Waals surface area contributed by atoms with Crippen LogP contribution >= 0.6 is 0 Å². The maximum atomic E-state index is 10.6. The molecule has 3 N–H and O–H groups in total. The zero-order chi connectivity index (χ0) is 20.5. The van der Waals surface area contributed by atoms with Gasteiger partial charge in [0.25, 0.3) is 0 Å². The van der Waals surface area contributed by atoms with E-state index in [0.717, 1.165) is 6.54 Å². The monoisotopic (exact) mass is 385 g/mol. The molecular formula is C22H31N3O3. The third-order valence-corrected chi connectivity index (χ3v) is 4.53. The van der Waals surface area contributed by atoms with Gasteiger partial charge in [-0.15, -0.1) is 0 Å². The number of benzene rings is 2. The highest BCUT2D eigenvalue weighted by atomic mass is 16.5. The van der Waals surface area contributed by atoms with E-state index in [4.69, 9.17) is 9.47 Å². The molecule has 6 nitrogen and oxygen atoms in total. The molecule has 152 valence electrons. The summed E-state index contributed by atoms with van der Waals surface area (Å²) >= 11 is 0. The molecular weight excluding hydrogens is 354 g/mol. The molecule has 0 saturated carbocycles. The lowest BCUT2D eigenvalue weighted by Gasteiger charge is -2.20. The number of nitrogens with one attached hydrogen (secondary N) is 2. The molecule has 2 atom stereocenters.